The minimum absolute atomic E-state index is 0.212. The van der Waals surface area contributed by atoms with Crippen molar-refractivity contribution in [2.24, 2.45) is 5.92 Å². The zero-order valence-electron chi connectivity index (χ0n) is 20.9. The molecule has 1 unspecified atom stereocenters. The average Bonchev–Trinajstić information content (AvgIpc) is 2.93. The zero-order chi connectivity index (χ0) is 25.9. The molecule has 37 heavy (non-hydrogen) atoms. The van der Waals surface area contributed by atoms with Crippen molar-refractivity contribution >= 4 is 35.7 Å². The van der Waals surface area contributed by atoms with Crippen molar-refractivity contribution in [1.82, 2.24) is 0 Å². The first-order chi connectivity index (χ1) is 18.1. The molecule has 0 saturated carbocycles. The second-order valence-electron chi connectivity index (χ2n) is 9.43. The Labute approximate surface area is 232 Å². The van der Waals surface area contributed by atoms with Crippen molar-refractivity contribution in [3.05, 3.63) is 142 Å². The van der Waals surface area contributed by atoms with Gasteiger partial charge < -0.3 is 5.11 Å². The van der Waals surface area contributed by atoms with Crippen LogP contribution in [0.2, 0.25) is 5.02 Å². The highest BCUT2D eigenvalue weighted by Crippen LogP contribution is 2.48. The van der Waals surface area contributed by atoms with E-state index < -0.39 is 7.27 Å². The molecule has 1 atom stereocenters. The van der Waals surface area contributed by atoms with Crippen LogP contribution in [0.15, 0.2) is 115 Å². The van der Waals surface area contributed by atoms with Crippen LogP contribution in [0, 0.1) is 5.92 Å². The summed E-state index contributed by atoms with van der Waals surface area (Å²) in [5.41, 5.74) is 5.49. The first-order valence-corrected chi connectivity index (χ1v) is 15.7. The summed E-state index contributed by atoms with van der Waals surface area (Å²) in [5, 5.41) is 11.2. The van der Waals surface area contributed by atoms with Gasteiger partial charge in [0.05, 0.1) is 0 Å². The van der Waals surface area contributed by atoms with Gasteiger partial charge in [-0.15, -0.1) is 0 Å². The predicted octanol–water partition coefficient (Wildman–Crippen LogP) is 10.3. The molecule has 0 heterocycles. The Morgan fingerprint density at radius 3 is 1.92 bits per heavy atom. The van der Waals surface area contributed by atoms with Crippen molar-refractivity contribution in [3.8, 4) is 5.75 Å². The maximum Gasteiger partial charge on any atom is 0.123 e. The molecule has 0 bridgehead atoms. The molecule has 0 radical (unpaired) electrons. The molecule has 0 aliphatic carbocycles. The Kier molecular flexibility index (Phi) is 10.7. The molecule has 4 rings (SSSR count). The first-order valence-electron chi connectivity index (χ1n) is 12.8. The normalized spacial score (nSPS) is 12.6. The molecule has 0 aliphatic rings. The molecule has 1 N–H and O–H groups in total. The molecule has 4 heteroatoms. The highest BCUT2D eigenvalue weighted by molar-refractivity contribution is 7.86. The van der Waals surface area contributed by atoms with Gasteiger partial charge in [-0.1, -0.05) is 120 Å². The lowest BCUT2D eigenvalue weighted by Crippen LogP contribution is -2.09. The summed E-state index contributed by atoms with van der Waals surface area (Å²) < 4.78 is 0. The summed E-state index contributed by atoms with van der Waals surface area (Å²) >= 11 is 13.2. The van der Waals surface area contributed by atoms with Crippen molar-refractivity contribution in [2.45, 2.75) is 32.1 Å². The van der Waals surface area contributed by atoms with E-state index in [0.717, 1.165) is 48.5 Å². The molecule has 0 fully saturated rings. The van der Waals surface area contributed by atoms with Crippen LogP contribution in [0.5, 0.6) is 5.75 Å². The minimum Gasteiger partial charge on any atom is -0.507 e. The molecule has 190 valence electrons. The average molecular weight is 548 g/mol. The van der Waals surface area contributed by atoms with Crippen molar-refractivity contribution < 1.29 is 5.11 Å². The van der Waals surface area contributed by atoms with E-state index in [1.165, 1.54) is 17.5 Å². The lowest BCUT2D eigenvalue weighted by molar-refractivity contribution is 0.461. The summed E-state index contributed by atoms with van der Waals surface area (Å²) in [4.78, 5) is 0. The predicted molar refractivity (Wildman–Crippen MR) is 162 cm³/mol. The Hall–Kier alpha value is -2.57. The summed E-state index contributed by atoms with van der Waals surface area (Å²) in [6.45, 7) is 0. The van der Waals surface area contributed by atoms with Gasteiger partial charge in [0.1, 0.15) is 5.75 Å². The van der Waals surface area contributed by atoms with E-state index in [0.29, 0.717) is 10.9 Å². The van der Waals surface area contributed by atoms with E-state index in [1.807, 2.05) is 36.4 Å². The lowest BCUT2D eigenvalue weighted by atomic mass is 9.88. The smallest absolute Gasteiger partial charge is 0.123 e. The number of hydrogen-bond donors (Lipinski definition) is 1. The SMILES string of the molecule is Oc1ccc(Cl)cc1/C(=C\P(Cl)CCCCC(Cc1ccccc1)Cc1ccccc1)c1ccccc1. The second-order valence-corrected chi connectivity index (χ2v) is 12.7. The van der Waals surface area contributed by atoms with Crippen LogP contribution in [-0.2, 0) is 12.8 Å². The van der Waals surface area contributed by atoms with E-state index in [4.69, 9.17) is 22.8 Å². The fraction of sp³-hybridized carbons (Fsp3) is 0.212. The van der Waals surface area contributed by atoms with Gasteiger partial charge in [0.15, 0.2) is 0 Å². The summed E-state index contributed by atoms with van der Waals surface area (Å²) in [5.74, 6) is 2.94. The standard InChI is InChI=1S/C33H33Cl2OP/c34-30-19-20-33(36)31(24-30)32(29-17-8-3-9-18-29)25-37(35)21-11-10-16-28(22-26-12-4-1-5-13-26)23-27-14-6-2-7-15-27/h1-9,12-15,17-20,24-25,28,36H,10-11,16,21-23H2/b32-25-. The fourth-order valence-corrected chi connectivity index (χ4v) is 6.76. The Balaban J connectivity index is 1.40. The molecule has 4 aromatic rings. The molecule has 0 spiro atoms. The van der Waals surface area contributed by atoms with Gasteiger partial charge in [0.2, 0.25) is 0 Å². The van der Waals surface area contributed by atoms with Gasteiger partial charge in [-0.2, -0.15) is 0 Å². The highest BCUT2D eigenvalue weighted by Gasteiger charge is 2.15. The summed E-state index contributed by atoms with van der Waals surface area (Å²) in [6, 6.07) is 36.9. The van der Waals surface area contributed by atoms with Crippen molar-refractivity contribution in [2.75, 3.05) is 6.16 Å². The van der Waals surface area contributed by atoms with Gasteiger partial charge in [0, 0.05) is 17.9 Å². The van der Waals surface area contributed by atoms with Gasteiger partial charge in [0.25, 0.3) is 0 Å². The van der Waals surface area contributed by atoms with E-state index >= 15 is 0 Å². The van der Waals surface area contributed by atoms with Gasteiger partial charge >= 0.3 is 0 Å². The second kappa shape index (κ2) is 14.4. The number of phenols is 1. The Morgan fingerprint density at radius 2 is 1.32 bits per heavy atom. The monoisotopic (exact) mass is 546 g/mol. The molecular weight excluding hydrogens is 514 g/mol. The summed E-state index contributed by atoms with van der Waals surface area (Å²) in [7, 11) is -0.860. The maximum absolute atomic E-state index is 10.6. The first kappa shape index (κ1) is 27.5. The lowest BCUT2D eigenvalue weighted by Gasteiger charge is -2.18. The van der Waals surface area contributed by atoms with Gasteiger partial charge in [-0.3, -0.25) is 0 Å². The largest absolute Gasteiger partial charge is 0.507 e. The molecular formula is C33H33Cl2OP. The van der Waals surface area contributed by atoms with E-state index in [2.05, 4.69) is 66.5 Å². The quantitative estimate of drug-likeness (QED) is 0.138. The highest BCUT2D eigenvalue weighted by atomic mass is 35.7. The van der Waals surface area contributed by atoms with Crippen molar-refractivity contribution in [1.29, 1.82) is 0 Å². The molecule has 0 amide bonds. The van der Waals surface area contributed by atoms with Crippen LogP contribution in [-0.4, -0.2) is 11.3 Å². The third-order valence-electron chi connectivity index (χ3n) is 6.57. The molecule has 1 nitrogen and oxygen atoms in total. The van der Waals surface area contributed by atoms with E-state index in [1.54, 1.807) is 12.1 Å². The van der Waals surface area contributed by atoms with Gasteiger partial charge in [-0.25, -0.2) is 0 Å². The molecule has 4 aromatic carbocycles. The van der Waals surface area contributed by atoms with Crippen LogP contribution in [0.1, 0.15) is 41.5 Å². The number of unbranched alkanes of at least 4 members (excludes halogenated alkanes) is 1. The molecule has 0 aromatic heterocycles. The fourth-order valence-electron chi connectivity index (χ4n) is 4.71. The zero-order valence-corrected chi connectivity index (χ0v) is 23.3. The number of aromatic hydroxyl groups is 1. The topological polar surface area (TPSA) is 20.2 Å². The maximum atomic E-state index is 10.6. The number of halogens is 2. The third kappa shape index (κ3) is 8.75. The van der Waals surface area contributed by atoms with Gasteiger partial charge in [-0.05, 0) is 84.0 Å². The Morgan fingerprint density at radius 1 is 0.757 bits per heavy atom. The Bertz CT molecular complexity index is 1220. The number of rotatable bonds is 12. The van der Waals surface area contributed by atoms with Crippen LogP contribution in [0.3, 0.4) is 0 Å². The molecule has 0 saturated heterocycles. The number of phenolic OH excluding ortho intramolecular Hbond substituents is 1. The van der Waals surface area contributed by atoms with Crippen LogP contribution < -0.4 is 0 Å². The number of benzene rings is 4. The third-order valence-corrected chi connectivity index (χ3v) is 8.89. The molecule has 0 aliphatic heterocycles. The minimum atomic E-state index is -0.860. The van der Waals surface area contributed by atoms with E-state index in [9.17, 15) is 5.11 Å². The van der Waals surface area contributed by atoms with Crippen LogP contribution in [0.4, 0.5) is 0 Å². The summed E-state index contributed by atoms with van der Waals surface area (Å²) in [6.07, 6.45) is 6.53. The van der Waals surface area contributed by atoms with Crippen LogP contribution in [0.25, 0.3) is 5.57 Å². The van der Waals surface area contributed by atoms with E-state index in [-0.39, 0.29) is 5.75 Å². The number of hydrogen-bond acceptors (Lipinski definition) is 1. The van der Waals surface area contributed by atoms with Crippen LogP contribution >= 0.6 is 30.1 Å². The van der Waals surface area contributed by atoms with Crippen molar-refractivity contribution in [3.63, 3.8) is 0 Å².